The van der Waals surface area contributed by atoms with Gasteiger partial charge >= 0.3 is 0 Å². The molecule has 0 atom stereocenters. The molecular formula is C26H15F2NO5. The molecule has 1 aliphatic rings. The van der Waals surface area contributed by atoms with E-state index in [-0.39, 0.29) is 5.75 Å². The second kappa shape index (κ2) is 8.00. The molecule has 1 aliphatic carbocycles. The van der Waals surface area contributed by atoms with Gasteiger partial charge in [0.05, 0.1) is 22.3 Å². The molecule has 4 aromatic rings. The van der Waals surface area contributed by atoms with Crippen molar-refractivity contribution in [3.63, 3.8) is 0 Å². The summed E-state index contributed by atoms with van der Waals surface area (Å²) in [5, 5.41) is 23.1. The molecule has 3 N–H and O–H groups in total. The number of anilines is 2. The minimum absolute atomic E-state index is 0.160. The summed E-state index contributed by atoms with van der Waals surface area (Å²) in [6.45, 7) is 0. The number of fused-ring (bicyclic) bond motifs is 2. The van der Waals surface area contributed by atoms with Crippen molar-refractivity contribution in [2.24, 2.45) is 0 Å². The van der Waals surface area contributed by atoms with E-state index in [1.54, 1.807) is 48.5 Å². The predicted octanol–water partition coefficient (Wildman–Crippen LogP) is 5.69. The number of ketones is 2. The first-order valence-electron chi connectivity index (χ1n) is 10.1. The molecule has 0 spiro atoms. The SMILES string of the molecule is O=C1c2c(O)ccc(O)c2C(=O)c2c(F)c(Oc3ccccc3)c(Nc3ccccc3)c(F)c21. The Morgan fingerprint density at radius 2 is 1.15 bits per heavy atom. The van der Waals surface area contributed by atoms with Crippen LogP contribution < -0.4 is 10.1 Å². The van der Waals surface area contributed by atoms with Crippen molar-refractivity contribution in [1.82, 2.24) is 0 Å². The van der Waals surface area contributed by atoms with Crippen LogP contribution in [0.15, 0.2) is 72.8 Å². The van der Waals surface area contributed by atoms with Crippen molar-refractivity contribution in [3.05, 3.63) is 107 Å². The van der Waals surface area contributed by atoms with Crippen LogP contribution in [-0.2, 0) is 0 Å². The smallest absolute Gasteiger partial charge is 0.201 e. The van der Waals surface area contributed by atoms with Gasteiger partial charge in [0.1, 0.15) is 22.9 Å². The highest BCUT2D eigenvalue weighted by Gasteiger charge is 2.42. The Labute approximate surface area is 191 Å². The number of hydrogen-bond donors (Lipinski definition) is 3. The summed E-state index contributed by atoms with van der Waals surface area (Å²) in [7, 11) is 0. The molecule has 0 unspecified atom stereocenters. The van der Waals surface area contributed by atoms with E-state index in [2.05, 4.69) is 5.32 Å². The number of phenolic OH excluding ortho intramolecular Hbond substituents is 2. The van der Waals surface area contributed by atoms with E-state index in [1.165, 1.54) is 12.1 Å². The molecule has 0 amide bonds. The first kappa shape index (κ1) is 21.1. The summed E-state index contributed by atoms with van der Waals surface area (Å²) in [5.74, 6) is -6.59. The third kappa shape index (κ3) is 3.24. The van der Waals surface area contributed by atoms with Crippen molar-refractivity contribution < 1.29 is 33.3 Å². The van der Waals surface area contributed by atoms with Gasteiger partial charge in [0.25, 0.3) is 0 Å². The molecule has 8 heteroatoms. The Balaban J connectivity index is 1.79. The van der Waals surface area contributed by atoms with Gasteiger partial charge < -0.3 is 20.3 Å². The fourth-order valence-electron chi connectivity index (χ4n) is 3.86. The summed E-state index contributed by atoms with van der Waals surface area (Å²) in [5.41, 5.74) is -3.09. The number of hydrogen-bond acceptors (Lipinski definition) is 6. The molecule has 0 bridgehead atoms. The predicted molar refractivity (Wildman–Crippen MR) is 119 cm³/mol. The highest BCUT2D eigenvalue weighted by atomic mass is 19.1. The van der Waals surface area contributed by atoms with Crippen LogP contribution in [0.5, 0.6) is 23.0 Å². The van der Waals surface area contributed by atoms with Crippen molar-refractivity contribution in [1.29, 1.82) is 0 Å². The quantitative estimate of drug-likeness (QED) is 0.299. The molecule has 0 aliphatic heterocycles. The lowest BCUT2D eigenvalue weighted by atomic mass is 9.82. The normalized spacial score (nSPS) is 12.2. The highest BCUT2D eigenvalue weighted by Crippen LogP contribution is 2.46. The van der Waals surface area contributed by atoms with Crippen LogP contribution in [0.4, 0.5) is 20.2 Å². The number of aromatic hydroxyl groups is 2. The first-order valence-corrected chi connectivity index (χ1v) is 10.1. The summed E-state index contributed by atoms with van der Waals surface area (Å²) < 4.78 is 37.4. The topological polar surface area (TPSA) is 95.9 Å². The molecule has 0 saturated heterocycles. The second-order valence-electron chi connectivity index (χ2n) is 7.50. The Morgan fingerprint density at radius 3 is 1.71 bits per heavy atom. The van der Waals surface area contributed by atoms with Crippen LogP contribution in [0.25, 0.3) is 0 Å². The summed E-state index contributed by atoms with van der Waals surface area (Å²) in [6, 6.07) is 18.2. The molecule has 168 valence electrons. The average Bonchev–Trinajstić information content (AvgIpc) is 2.84. The van der Waals surface area contributed by atoms with E-state index in [0.717, 1.165) is 12.1 Å². The lowest BCUT2D eigenvalue weighted by Gasteiger charge is -2.24. The van der Waals surface area contributed by atoms with Crippen molar-refractivity contribution >= 4 is 22.9 Å². The Kier molecular flexibility index (Phi) is 4.98. The fourth-order valence-corrected chi connectivity index (χ4v) is 3.86. The van der Waals surface area contributed by atoms with Gasteiger partial charge in [-0.3, -0.25) is 9.59 Å². The van der Waals surface area contributed by atoms with Gasteiger partial charge in [-0.1, -0.05) is 36.4 Å². The maximum atomic E-state index is 15.9. The Bertz CT molecular complexity index is 1360. The van der Waals surface area contributed by atoms with E-state index in [9.17, 15) is 19.8 Å². The number of nitrogens with one attached hydrogen (secondary N) is 1. The number of carbonyl (C=O) groups is 2. The van der Waals surface area contributed by atoms with Gasteiger partial charge in [-0.05, 0) is 36.4 Å². The van der Waals surface area contributed by atoms with Crippen molar-refractivity contribution in [2.45, 2.75) is 0 Å². The van der Waals surface area contributed by atoms with Gasteiger partial charge in [-0.15, -0.1) is 0 Å². The van der Waals surface area contributed by atoms with Crippen LogP contribution in [0.1, 0.15) is 31.8 Å². The number of ether oxygens (including phenoxy) is 1. The molecule has 0 aromatic heterocycles. The van der Waals surface area contributed by atoms with Crippen molar-refractivity contribution in [2.75, 3.05) is 5.32 Å². The van der Waals surface area contributed by atoms with Gasteiger partial charge in [0.15, 0.2) is 17.4 Å². The third-order valence-electron chi connectivity index (χ3n) is 5.41. The van der Waals surface area contributed by atoms with Gasteiger partial charge in [-0.2, -0.15) is 0 Å². The van der Waals surface area contributed by atoms with Crippen LogP contribution in [-0.4, -0.2) is 21.8 Å². The Hall–Kier alpha value is -4.72. The van der Waals surface area contributed by atoms with Gasteiger partial charge in [0.2, 0.25) is 11.6 Å². The number of carbonyl (C=O) groups excluding carboxylic acids is 2. The first-order chi connectivity index (χ1) is 16.4. The maximum absolute atomic E-state index is 15.9. The lowest BCUT2D eigenvalue weighted by Crippen LogP contribution is -2.25. The number of benzene rings is 4. The molecule has 0 radical (unpaired) electrons. The third-order valence-corrected chi connectivity index (χ3v) is 5.41. The molecule has 0 saturated carbocycles. The van der Waals surface area contributed by atoms with Crippen LogP contribution in [0.2, 0.25) is 0 Å². The number of rotatable bonds is 4. The molecular weight excluding hydrogens is 444 g/mol. The summed E-state index contributed by atoms with van der Waals surface area (Å²) in [6.07, 6.45) is 0. The van der Waals surface area contributed by atoms with E-state index in [1.807, 2.05) is 0 Å². The standard InChI is InChI=1S/C26H15F2NO5/c27-21-19-20(25(33)18-16(31)12-11-15(30)17(18)24(19)32)22(28)26(34-14-9-5-2-6-10-14)23(21)29-13-7-3-1-4-8-13/h1-12,29-31H. The average molecular weight is 459 g/mol. The zero-order chi connectivity index (χ0) is 24.0. The molecule has 6 nitrogen and oxygen atoms in total. The fraction of sp³-hybridized carbons (Fsp3) is 0. The minimum atomic E-state index is -1.29. The number of para-hydroxylation sites is 2. The number of phenols is 2. The van der Waals surface area contributed by atoms with Crippen LogP contribution in [0, 0.1) is 11.6 Å². The lowest BCUT2D eigenvalue weighted by molar-refractivity contribution is 0.0967. The molecule has 0 heterocycles. The van der Waals surface area contributed by atoms with E-state index in [4.69, 9.17) is 4.74 Å². The van der Waals surface area contributed by atoms with E-state index >= 15 is 8.78 Å². The number of halogens is 2. The molecule has 34 heavy (non-hydrogen) atoms. The van der Waals surface area contributed by atoms with Crippen LogP contribution >= 0.6 is 0 Å². The van der Waals surface area contributed by atoms with Gasteiger partial charge in [-0.25, -0.2) is 8.78 Å². The van der Waals surface area contributed by atoms with E-state index < -0.39 is 68.4 Å². The summed E-state index contributed by atoms with van der Waals surface area (Å²) >= 11 is 0. The largest absolute Gasteiger partial charge is 0.507 e. The van der Waals surface area contributed by atoms with Crippen LogP contribution in [0.3, 0.4) is 0 Å². The summed E-state index contributed by atoms with van der Waals surface area (Å²) in [4.78, 5) is 26.3. The monoisotopic (exact) mass is 459 g/mol. The van der Waals surface area contributed by atoms with E-state index in [0.29, 0.717) is 5.69 Å². The Morgan fingerprint density at radius 1 is 0.647 bits per heavy atom. The second-order valence-corrected chi connectivity index (χ2v) is 7.50. The van der Waals surface area contributed by atoms with Crippen molar-refractivity contribution in [3.8, 4) is 23.0 Å². The zero-order valence-electron chi connectivity index (χ0n) is 17.3. The zero-order valence-corrected chi connectivity index (χ0v) is 17.3. The maximum Gasteiger partial charge on any atom is 0.201 e. The molecule has 5 rings (SSSR count). The molecule has 4 aromatic carbocycles. The minimum Gasteiger partial charge on any atom is -0.507 e. The van der Waals surface area contributed by atoms with Gasteiger partial charge in [0, 0.05) is 5.69 Å². The molecule has 0 fully saturated rings. The highest BCUT2D eigenvalue weighted by molar-refractivity contribution is 6.31.